The van der Waals surface area contributed by atoms with Gasteiger partial charge in [-0.05, 0) is 36.6 Å². The largest absolute Gasteiger partial charge is 0.496 e. The fraction of sp³-hybridized carbons (Fsp3) is 0.350. The first kappa shape index (κ1) is 18.6. The van der Waals surface area contributed by atoms with Crippen molar-refractivity contribution >= 4 is 11.6 Å². The average molecular weight is 340 g/mol. The molecule has 0 unspecified atom stereocenters. The minimum absolute atomic E-state index is 0.808. The summed E-state index contributed by atoms with van der Waals surface area (Å²) < 4.78 is 5.38. The van der Waals surface area contributed by atoms with Crippen molar-refractivity contribution in [1.29, 1.82) is 0 Å². The van der Waals surface area contributed by atoms with E-state index in [9.17, 15) is 0 Å². The first-order valence-electron chi connectivity index (χ1n) is 8.69. The number of anilines is 1. The maximum atomic E-state index is 5.38. The van der Waals surface area contributed by atoms with E-state index in [0.29, 0.717) is 0 Å². The van der Waals surface area contributed by atoms with Gasteiger partial charge in [0, 0.05) is 32.4 Å². The molecule has 0 aliphatic carbocycles. The molecule has 0 saturated heterocycles. The Labute approximate surface area is 150 Å². The first-order chi connectivity index (χ1) is 12.3. The van der Waals surface area contributed by atoms with Gasteiger partial charge in [-0.1, -0.05) is 36.4 Å². The lowest BCUT2D eigenvalue weighted by Crippen LogP contribution is -2.39. The molecule has 0 fully saturated rings. The third kappa shape index (κ3) is 6.75. The highest BCUT2D eigenvalue weighted by molar-refractivity contribution is 5.79. The van der Waals surface area contributed by atoms with Crippen LogP contribution in [0.25, 0.3) is 0 Å². The molecule has 0 aliphatic heterocycles. The average Bonchev–Trinajstić information content (AvgIpc) is 2.67. The molecule has 3 N–H and O–H groups in total. The number of rotatable bonds is 9. The summed E-state index contributed by atoms with van der Waals surface area (Å²) in [5.41, 5.74) is 2.35. The third-order valence-corrected chi connectivity index (χ3v) is 3.85. The standard InChI is InChI=1S/C20H28N4O/c1-21-20(23-15-8-14-22-18-10-4-3-5-11-18)24-16-13-17-9-6-7-12-19(17)25-2/h3-7,9-12,22H,8,13-16H2,1-2H3,(H2,21,23,24). The van der Waals surface area contributed by atoms with Gasteiger partial charge in [0.2, 0.25) is 0 Å². The molecule has 5 heteroatoms. The quantitative estimate of drug-likeness (QED) is 0.373. The molecule has 134 valence electrons. The van der Waals surface area contributed by atoms with Gasteiger partial charge in [-0.25, -0.2) is 0 Å². The Balaban J connectivity index is 1.62. The molecule has 0 radical (unpaired) electrons. The third-order valence-electron chi connectivity index (χ3n) is 3.85. The van der Waals surface area contributed by atoms with Gasteiger partial charge in [0.25, 0.3) is 0 Å². The molecule has 2 aromatic carbocycles. The van der Waals surface area contributed by atoms with E-state index in [4.69, 9.17) is 4.74 Å². The van der Waals surface area contributed by atoms with E-state index in [-0.39, 0.29) is 0 Å². The molecule has 25 heavy (non-hydrogen) atoms. The van der Waals surface area contributed by atoms with Crippen LogP contribution in [0.2, 0.25) is 0 Å². The van der Waals surface area contributed by atoms with Crippen molar-refractivity contribution in [2.75, 3.05) is 39.1 Å². The molecule has 0 aromatic heterocycles. The van der Waals surface area contributed by atoms with Crippen LogP contribution in [0.1, 0.15) is 12.0 Å². The van der Waals surface area contributed by atoms with E-state index in [0.717, 1.165) is 49.9 Å². The predicted octanol–water partition coefficient (Wildman–Crippen LogP) is 2.90. The summed E-state index contributed by atoms with van der Waals surface area (Å²) in [6.45, 7) is 2.60. The molecule has 0 heterocycles. The van der Waals surface area contributed by atoms with Crippen LogP contribution in [-0.2, 0) is 6.42 Å². The Kier molecular flexibility index (Phi) is 8.18. The maximum Gasteiger partial charge on any atom is 0.190 e. The number of guanidine groups is 1. The lowest BCUT2D eigenvalue weighted by molar-refractivity contribution is 0.409. The Hall–Kier alpha value is -2.69. The minimum atomic E-state index is 0.808. The zero-order chi connectivity index (χ0) is 17.7. The molecule has 0 bridgehead atoms. The second kappa shape index (κ2) is 11.0. The van der Waals surface area contributed by atoms with Crippen LogP contribution in [0.4, 0.5) is 5.69 Å². The maximum absolute atomic E-state index is 5.38. The van der Waals surface area contributed by atoms with Crippen LogP contribution in [0.15, 0.2) is 59.6 Å². The summed E-state index contributed by atoms with van der Waals surface area (Å²) in [7, 11) is 3.50. The first-order valence-corrected chi connectivity index (χ1v) is 8.69. The molecule has 0 spiro atoms. The van der Waals surface area contributed by atoms with Crippen LogP contribution in [0.3, 0.4) is 0 Å². The van der Waals surface area contributed by atoms with Crippen molar-refractivity contribution in [3.05, 3.63) is 60.2 Å². The van der Waals surface area contributed by atoms with Crippen molar-refractivity contribution in [3.8, 4) is 5.75 Å². The van der Waals surface area contributed by atoms with E-state index >= 15 is 0 Å². The number of hydrogen-bond donors (Lipinski definition) is 3. The number of methoxy groups -OCH3 is 1. The van der Waals surface area contributed by atoms with Crippen molar-refractivity contribution < 1.29 is 4.74 Å². The van der Waals surface area contributed by atoms with Crippen molar-refractivity contribution in [3.63, 3.8) is 0 Å². The number of hydrogen-bond acceptors (Lipinski definition) is 3. The van der Waals surface area contributed by atoms with Gasteiger partial charge in [0.05, 0.1) is 7.11 Å². The Morgan fingerprint density at radius 1 is 0.920 bits per heavy atom. The van der Waals surface area contributed by atoms with Gasteiger partial charge in [0.1, 0.15) is 5.75 Å². The van der Waals surface area contributed by atoms with Gasteiger partial charge in [-0.15, -0.1) is 0 Å². The Morgan fingerprint density at radius 3 is 2.40 bits per heavy atom. The van der Waals surface area contributed by atoms with Crippen molar-refractivity contribution in [2.24, 2.45) is 4.99 Å². The Bertz CT molecular complexity index is 643. The zero-order valence-electron chi connectivity index (χ0n) is 15.1. The minimum Gasteiger partial charge on any atom is -0.496 e. The van der Waals surface area contributed by atoms with Gasteiger partial charge in [-0.2, -0.15) is 0 Å². The van der Waals surface area contributed by atoms with Gasteiger partial charge in [0.15, 0.2) is 5.96 Å². The number of ether oxygens (including phenoxy) is 1. The van der Waals surface area contributed by atoms with Crippen LogP contribution in [0, 0.1) is 0 Å². The topological polar surface area (TPSA) is 57.7 Å². The number of nitrogens with zero attached hydrogens (tertiary/aromatic N) is 1. The van der Waals surface area contributed by atoms with Crippen LogP contribution in [0.5, 0.6) is 5.75 Å². The summed E-state index contributed by atoms with van der Waals surface area (Å²) in [5.74, 6) is 1.76. The smallest absolute Gasteiger partial charge is 0.190 e. The van der Waals surface area contributed by atoms with Gasteiger partial charge in [-0.3, -0.25) is 4.99 Å². The second-order valence-electron chi connectivity index (χ2n) is 5.63. The van der Waals surface area contributed by atoms with Crippen molar-refractivity contribution in [2.45, 2.75) is 12.8 Å². The number of benzene rings is 2. The molecule has 5 nitrogen and oxygen atoms in total. The number of nitrogens with one attached hydrogen (secondary N) is 3. The molecular formula is C20H28N4O. The lowest BCUT2D eigenvalue weighted by Gasteiger charge is -2.13. The van der Waals surface area contributed by atoms with E-state index < -0.39 is 0 Å². The lowest BCUT2D eigenvalue weighted by atomic mass is 10.1. The normalized spacial score (nSPS) is 11.0. The fourth-order valence-corrected chi connectivity index (χ4v) is 2.53. The zero-order valence-corrected chi connectivity index (χ0v) is 15.1. The Morgan fingerprint density at radius 2 is 1.64 bits per heavy atom. The molecule has 2 aromatic rings. The monoisotopic (exact) mass is 340 g/mol. The van der Waals surface area contributed by atoms with Gasteiger partial charge < -0.3 is 20.7 Å². The van der Waals surface area contributed by atoms with Gasteiger partial charge >= 0.3 is 0 Å². The number of para-hydroxylation sites is 2. The predicted molar refractivity (Wildman–Crippen MR) is 106 cm³/mol. The summed E-state index contributed by atoms with van der Waals surface area (Å²) in [5, 5.41) is 10.1. The van der Waals surface area contributed by atoms with E-state index in [1.54, 1.807) is 14.2 Å². The molecule has 0 saturated carbocycles. The highest BCUT2D eigenvalue weighted by Crippen LogP contribution is 2.17. The fourth-order valence-electron chi connectivity index (χ4n) is 2.53. The van der Waals surface area contributed by atoms with E-state index in [1.807, 2.05) is 36.4 Å². The summed E-state index contributed by atoms with van der Waals surface area (Å²) in [6, 6.07) is 18.3. The second-order valence-corrected chi connectivity index (χ2v) is 5.63. The van der Waals surface area contributed by atoms with Crippen molar-refractivity contribution in [1.82, 2.24) is 10.6 Å². The molecule has 0 atom stereocenters. The number of aliphatic imine (C=N–C) groups is 1. The summed E-state index contributed by atoms with van der Waals surface area (Å²) in [6.07, 6.45) is 1.91. The van der Waals surface area contributed by atoms with Crippen LogP contribution in [-0.4, -0.2) is 39.8 Å². The highest BCUT2D eigenvalue weighted by atomic mass is 16.5. The van der Waals surface area contributed by atoms with E-state index in [2.05, 4.69) is 39.1 Å². The molecule has 0 amide bonds. The molecule has 2 rings (SSSR count). The van der Waals surface area contributed by atoms with E-state index in [1.165, 1.54) is 5.56 Å². The molecular weight excluding hydrogens is 312 g/mol. The SMILES string of the molecule is CN=C(NCCCNc1ccccc1)NCCc1ccccc1OC. The van der Waals surface area contributed by atoms with Crippen LogP contribution >= 0.6 is 0 Å². The molecule has 0 aliphatic rings. The highest BCUT2D eigenvalue weighted by Gasteiger charge is 2.02. The summed E-state index contributed by atoms with van der Waals surface area (Å²) in [4.78, 5) is 4.26. The summed E-state index contributed by atoms with van der Waals surface area (Å²) >= 11 is 0. The van der Waals surface area contributed by atoms with Crippen LogP contribution < -0.4 is 20.7 Å².